The van der Waals surface area contributed by atoms with Crippen LogP contribution < -0.4 is 0 Å². The molecule has 0 aromatic carbocycles. The molecule has 0 saturated heterocycles. The third-order valence-corrected chi connectivity index (χ3v) is 2.43. The zero-order valence-electron chi connectivity index (χ0n) is 8.99. The summed E-state index contributed by atoms with van der Waals surface area (Å²) in [6.45, 7) is 0.989. The van der Waals surface area contributed by atoms with Gasteiger partial charge in [0.2, 0.25) is 0 Å². The second kappa shape index (κ2) is 3.90. The fraction of sp³-hybridized carbons (Fsp3) is 0.364. The molecule has 4 nitrogen and oxygen atoms in total. The van der Waals surface area contributed by atoms with Crippen LogP contribution in [0.3, 0.4) is 0 Å². The standard InChI is InChI=1S/C11H15N3O/c1-14(2)4-3-8-6-12-11-10(8)5-9(15)7-13-11/h5-7,15H,3-4H2,1-2H3,(H,12,13). The van der Waals surface area contributed by atoms with Crippen LogP contribution in [-0.2, 0) is 6.42 Å². The van der Waals surface area contributed by atoms with Crippen molar-refractivity contribution in [3.63, 3.8) is 0 Å². The largest absolute Gasteiger partial charge is 0.506 e. The van der Waals surface area contributed by atoms with Crippen LogP contribution in [0.4, 0.5) is 0 Å². The first-order chi connectivity index (χ1) is 7.16. The summed E-state index contributed by atoms with van der Waals surface area (Å²) in [6.07, 6.45) is 4.37. The summed E-state index contributed by atoms with van der Waals surface area (Å²) in [7, 11) is 4.09. The monoisotopic (exact) mass is 205 g/mol. The lowest BCUT2D eigenvalue weighted by atomic mass is 10.1. The number of hydrogen-bond acceptors (Lipinski definition) is 3. The molecule has 0 bridgehead atoms. The van der Waals surface area contributed by atoms with Crippen molar-refractivity contribution >= 4 is 11.0 Å². The van der Waals surface area contributed by atoms with Crippen molar-refractivity contribution in [1.29, 1.82) is 0 Å². The fourth-order valence-electron chi connectivity index (χ4n) is 1.60. The molecule has 2 rings (SSSR count). The minimum absolute atomic E-state index is 0.216. The number of likely N-dealkylation sites (N-methyl/N-ethyl adjacent to an activating group) is 1. The highest BCUT2D eigenvalue weighted by atomic mass is 16.3. The Balaban J connectivity index is 2.31. The Labute approximate surface area is 88.6 Å². The smallest absolute Gasteiger partial charge is 0.137 e. The molecule has 15 heavy (non-hydrogen) atoms. The minimum Gasteiger partial charge on any atom is -0.506 e. The Kier molecular flexibility index (Phi) is 2.60. The molecule has 0 saturated carbocycles. The van der Waals surface area contributed by atoms with Gasteiger partial charge in [-0.15, -0.1) is 0 Å². The van der Waals surface area contributed by atoms with E-state index in [9.17, 15) is 5.11 Å². The van der Waals surface area contributed by atoms with E-state index in [1.807, 2.05) is 20.3 Å². The number of aromatic amines is 1. The van der Waals surface area contributed by atoms with Crippen LogP contribution >= 0.6 is 0 Å². The zero-order valence-corrected chi connectivity index (χ0v) is 8.99. The lowest BCUT2D eigenvalue weighted by Gasteiger charge is -2.07. The molecule has 0 aliphatic rings. The highest BCUT2D eigenvalue weighted by Gasteiger charge is 2.05. The van der Waals surface area contributed by atoms with Crippen LogP contribution in [0.25, 0.3) is 11.0 Å². The number of aromatic hydroxyl groups is 1. The molecule has 0 atom stereocenters. The maximum atomic E-state index is 9.36. The minimum atomic E-state index is 0.216. The van der Waals surface area contributed by atoms with E-state index >= 15 is 0 Å². The van der Waals surface area contributed by atoms with Gasteiger partial charge in [-0.1, -0.05) is 0 Å². The number of aromatic nitrogens is 2. The summed E-state index contributed by atoms with van der Waals surface area (Å²) in [5, 5.41) is 10.4. The maximum Gasteiger partial charge on any atom is 0.137 e. The Morgan fingerprint density at radius 1 is 1.47 bits per heavy atom. The molecule has 2 aromatic rings. The van der Waals surface area contributed by atoms with Gasteiger partial charge in [-0.3, -0.25) is 0 Å². The molecule has 2 heterocycles. The summed E-state index contributed by atoms with van der Waals surface area (Å²) >= 11 is 0. The Morgan fingerprint density at radius 2 is 2.27 bits per heavy atom. The second-order valence-electron chi connectivity index (χ2n) is 3.96. The number of pyridine rings is 1. The average molecular weight is 205 g/mol. The molecular formula is C11H15N3O. The molecule has 0 spiro atoms. The van der Waals surface area contributed by atoms with Crippen LogP contribution in [0.15, 0.2) is 18.5 Å². The van der Waals surface area contributed by atoms with E-state index in [2.05, 4.69) is 14.9 Å². The summed E-state index contributed by atoms with van der Waals surface area (Å²) in [5.41, 5.74) is 2.03. The van der Waals surface area contributed by atoms with Gasteiger partial charge >= 0.3 is 0 Å². The number of nitrogens with one attached hydrogen (secondary N) is 1. The molecule has 4 heteroatoms. The van der Waals surface area contributed by atoms with Gasteiger partial charge in [-0.25, -0.2) is 4.98 Å². The molecule has 0 unspecified atom stereocenters. The lowest BCUT2D eigenvalue weighted by molar-refractivity contribution is 0.414. The SMILES string of the molecule is CN(C)CCc1c[nH]c2ncc(O)cc12. The molecule has 0 fully saturated rings. The predicted octanol–water partition coefficient (Wildman–Crippen LogP) is 1.37. The number of rotatable bonds is 3. The van der Waals surface area contributed by atoms with Crippen LogP contribution in [0.1, 0.15) is 5.56 Å². The summed E-state index contributed by atoms with van der Waals surface area (Å²) < 4.78 is 0. The van der Waals surface area contributed by atoms with Crippen LogP contribution in [-0.4, -0.2) is 40.6 Å². The van der Waals surface area contributed by atoms with Crippen molar-refractivity contribution in [1.82, 2.24) is 14.9 Å². The number of hydrogen-bond donors (Lipinski definition) is 2. The number of nitrogens with zero attached hydrogens (tertiary/aromatic N) is 2. The van der Waals surface area contributed by atoms with E-state index in [-0.39, 0.29) is 5.75 Å². The van der Waals surface area contributed by atoms with Gasteiger partial charge in [0.25, 0.3) is 0 Å². The summed E-state index contributed by atoms with van der Waals surface area (Å²) in [6, 6.07) is 1.75. The van der Waals surface area contributed by atoms with Crippen molar-refractivity contribution in [2.45, 2.75) is 6.42 Å². The first-order valence-electron chi connectivity index (χ1n) is 4.96. The Bertz CT molecular complexity index is 462. The quantitative estimate of drug-likeness (QED) is 0.795. The van der Waals surface area contributed by atoms with Crippen molar-refractivity contribution in [2.75, 3.05) is 20.6 Å². The molecule has 0 aliphatic carbocycles. The Morgan fingerprint density at radius 3 is 3.00 bits per heavy atom. The predicted molar refractivity (Wildman–Crippen MR) is 60.0 cm³/mol. The van der Waals surface area contributed by atoms with E-state index in [0.29, 0.717) is 0 Å². The lowest BCUT2D eigenvalue weighted by Crippen LogP contribution is -2.14. The van der Waals surface area contributed by atoms with Gasteiger partial charge in [0.05, 0.1) is 6.20 Å². The van der Waals surface area contributed by atoms with Crippen molar-refractivity contribution in [2.24, 2.45) is 0 Å². The van der Waals surface area contributed by atoms with E-state index in [1.54, 1.807) is 6.07 Å². The molecule has 80 valence electrons. The Hall–Kier alpha value is -1.55. The summed E-state index contributed by atoms with van der Waals surface area (Å²) in [4.78, 5) is 9.34. The van der Waals surface area contributed by atoms with Crippen molar-refractivity contribution in [3.8, 4) is 5.75 Å². The van der Waals surface area contributed by atoms with Crippen LogP contribution in [0, 0.1) is 0 Å². The average Bonchev–Trinajstić information content (AvgIpc) is 2.57. The third kappa shape index (κ3) is 2.10. The van der Waals surface area contributed by atoms with Crippen molar-refractivity contribution < 1.29 is 5.11 Å². The van der Waals surface area contributed by atoms with E-state index in [4.69, 9.17) is 0 Å². The molecule has 0 amide bonds. The van der Waals surface area contributed by atoms with Crippen molar-refractivity contribution in [3.05, 3.63) is 24.0 Å². The van der Waals surface area contributed by atoms with Gasteiger partial charge in [-0.05, 0) is 32.1 Å². The molecular weight excluding hydrogens is 190 g/mol. The van der Waals surface area contributed by atoms with Gasteiger partial charge in [0.1, 0.15) is 11.4 Å². The fourth-order valence-corrected chi connectivity index (χ4v) is 1.60. The first-order valence-corrected chi connectivity index (χ1v) is 4.96. The highest BCUT2D eigenvalue weighted by Crippen LogP contribution is 2.20. The van der Waals surface area contributed by atoms with Crippen LogP contribution in [0.5, 0.6) is 5.75 Å². The van der Waals surface area contributed by atoms with Crippen LogP contribution in [0.2, 0.25) is 0 Å². The van der Waals surface area contributed by atoms with E-state index in [0.717, 1.165) is 24.0 Å². The van der Waals surface area contributed by atoms with Gasteiger partial charge < -0.3 is 15.0 Å². The molecule has 2 N–H and O–H groups in total. The topological polar surface area (TPSA) is 52.2 Å². The normalized spacial score (nSPS) is 11.4. The summed E-state index contributed by atoms with van der Waals surface area (Å²) in [5.74, 6) is 0.216. The van der Waals surface area contributed by atoms with Gasteiger partial charge in [0.15, 0.2) is 0 Å². The third-order valence-electron chi connectivity index (χ3n) is 2.43. The highest BCUT2D eigenvalue weighted by molar-refractivity contribution is 5.80. The van der Waals surface area contributed by atoms with Gasteiger partial charge in [0, 0.05) is 18.1 Å². The molecule has 0 radical (unpaired) electrons. The molecule has 0 aliphatic heterocycles. The van der Waals surface area contributed by atoms with Gasteiger partial charge in [-0.2, -0.15) is 0 Å². The van der Waals surface area contributed by atoms with E-state index in [1.165, 1.54) is 11.8 Å². The van der Waals surface area contributed by atoms with E-state index < -0.39 is 0 Å². The maximum absolute atomic E-state index is 9.36. The first kappa shape index (κ1) is 9.98. The second-order valence-corrected chi connectivity index (χ2v) is 3.96. The number of H-pyrrole nitrogens is 1. The zero-order chi connectivity index (χ0) is 10.8. The molecule has 2 aromatic heterocycles. The number of fused-ring (bicyclic) bond motifs is 1.